The van der Waals surface area contributed by atoms with Crippen LogP contribution in [0, 0.1) is 5.92 Å². The smallest absolute Gasteiger partial charge is 0.323 e. The standard InChI is InChI=1S/C13H16ClNO2/c14-11-2-1-3-12(8-11)15(9-13(16)17)7-6-10-4-5-10/h1-3,8,10H,4-7,9H2,(H,16,17). The number of rotatable bonds is 6. The van der Waals surface area contributed by atoms with Crippen LogP contribution in [0.3, 0.4) is 0 Å². The summed E-state index contributed by atoms with van der Waals surface area (Å²) in [6, 6.07) is 7.37. The number of hydrogen-bond acceptors (Lipinski definition) is 2. The monoisotopic (exact) mass is 253 g/mol. The Hall–Kier alpha value is -1.22. The minimum Gasteiger partial charge on any atom is -0.480 e. The van der Waals surface area contributed by atoms with Crippen LogP contribution >= 0.6 is 11.6 Å². The molecule has 1 aliphatic carbocycles. The van der Waals surface area contributed by atoms with Gasteiger partial charge in [-0.05, 0) is 30.5 Å². The SMILES string of the molecule is O=C(O)CN(CCC1CC1)c1cccc(Cl)c1. The maximum absolute atomic E-state index is 10.9. The number of carbonyl (C=O) groups is 1. The molecule has 1 fully saturated rings. The number of anilines is 1. The lowest BCUT2D eigenvalue weighted by Gasteiger charge is -2.23. The summed E-state index contributed by atoms with van der Waals surface area (Å²) in [5.74, 6) is -0.00810. The van der Waals surface area contributed by atoms with Gasteiger partial charge in [0.25, 0.3) is 0 Å². The minimum atomic E-state index is -0.805. The molecule has 0 amide bonds. The van der Waals surface area contributed by atoms with Crippen molar-refractivity contribution < 1.29 is 9.90 Å². The molecule has 0 saturated heterocycles. The van der Waals surface area contributed by atoms with Gasteiger partial charge in [0.2, 0.25) is 0 Å². The van der Waals surface area contributed by atoms with Gasteiger partial charge in [-0.2, -0.15) is 0 Å². The van der Waals surface area contributed by atoms with Crippen molar-refractivity contribution in [2.24, 2.45) is 5.92 Å². The molecule has 0 heterocycles. The molecule has 0 atom stereocenters. The Kier molecular flexibility index (Phi) is 3.89. The molecule has 0 aliphatic heterocycles. The first kappa shape index (κ1) is 12.2. The molecule has 92 valence electrons. The summed E-state index contributed by atoms with van der Waals surface area (Å²) in [5, 5.41) is 9.56. The molecule has 1 aromatic carbocycles. The predicted octanol–water partition coefficient (Wildman–Crippen LogP) is 3.03. The molecule has 0 aromatic heterocycles. The van der Waals surface area contributed by atoms with Crippen LogP contribution in [-0.2, 0) is 4.79 Å². The highest BCUT2D eigenvalue weighted by Crippen LogP contribution is 2.33. The molecule has 3 nitrogen and oxygen atoms in total. The Bertz CT molecular complexity index is 404. The first-order valence-corrected chi connectivity index (χ1v) is 6.25. The molecule has 1 aliphatic rings. The zero-order chi connectivity index (χ0) is 12.3. The third kappa shape index (κ3) is 3.93. The third-order valence-electron chi connectivity index (χ3n) is 3.00. The molecular weight excluding hydrogens is 238 g/mol. The van der Waals surface area contributed by atoms with Crippen LogP contribution in [0.5, 0.6) is 0 Å². The Morgan fingerprint density at radius 2 is 2.24 bits per heavy atom. The van der Waals surface area contributed by atoms with Crippen LogP contribution in [0.1, 0.15) is 19.3 Å². The topological polar surface area (TPSA) is 40.5 Å². The van der Waals surface area contributed by atoms with Gasteiger partial charge in [0.05, 0.1) is 0 Å². The van der Waals surface area contributed by atoms with Crippen molar-refractivity contribution in [1.29, 1.82) is 0 Å². The second-order valence-electron chi connectivity index (χ2n) is 4.53. The number of carboxylic acids is 1. The number of halogens is 1. The van der Waals surface area contributed by atoms with Crippen LogP contribution in [0.25, 0.3) is 0 Å². The van der Waals surface area contributed by atoms with Gasteiger partial charge in [0, 0.05) is 17.3 Å². The number of hydrogen-bond donors (Lipinski definition) is 1. The van der Waals surface area contributed by atoms with Crippen LogP contribution in [-0.4, -0.2) is 24.2 Å². The van der Waals surface area contributed by atoms with Gasteiger partial charge in [0.1, 0.15) is 6.54 Å². The van der Waals surface area contributed by atoms with Crippen molar-refractivity contribution in [3.05, 3.63) is 29.3 Å². The fourth-order valence-corrected chi connectivity index (χ4v) is 2.07. The van der Waals surface area contributed by atoms with E-state index in [0.29, 0.717) is 5.02 Å². The van der Waals surface area contributed by atoms with E-state index in [1.165, 1.54) is 12.8 Å². The highest BCUT2D eigenvalue weighted by molar-refractivity contribution is 6.30. The molecule has 1 N–H and O–H groups in total. The fourth-order valence-electron chi connectivity index (χ4n) is 1.88. The van der Waals surface area contributed by atoms with Crippen molar-refractivity contribution in [1.82, 2.24) is 0 Å². The Morgan fingerprint density at radius 3 is 2.82 bits per heavy atom. The predicted molar refractivity (Wildman–Crippen MR) is 68.6 cm³/mol. The Labute approximate surface area is 106 Å². The molecule has 0 spiro atoms. The van der Waals surface area contributed by atoms with E-state index in [2.05, 4.69) is 0 Å². The van der Waals surface area contributed by atoms with Crippen molar-refractivity contribution in [2.45, 2.75) is 19.3 Å². The van der Waals surface area contributed by atoms with Crippen LogP contribution < -0.4 is 4.90 Å². The van der Waals surface area contributed by atoms with Crippen molar-refractivity contribution in [2.75, 3.05) is 18.0 Å². The summed E-state index contributed by atoms with van der Waals surface area (Å²) in [6.07, 6.45) is 3.65. The van der Waals surface area contributed by atoms with Gasteiger partial charge >= 0.3 is 5.97 Å². The second kappa shape index (κ2) is 5.41. The zero-order valence-electron chi connectivity index (χ0n) is 9.60. The average molecular weight is 254 g/mol. The number of carboxylic acid groups (broad SMARTS) is 1. The summed E-state index contributed by atoms with van der Waals surface area (Å²) in [5.41, 5.74) is 0.889. The fraction of sp³-hybridized carbons (Fsp3) is 0.462. The highest BCUT2D eigenvalue weighted by Gasteiger charge is 2.22. The lowest BCUT2D eigenvalue weighted by atomic mass is 10.2. The van der Waals surface area contributed by atoms with E-state index in [1.54, 1.807) is 6.07 Å². The van der Waals surface area contributed by atoms with Crippen LogP contribution in [0.15, 0.2) is 24.3 Å². The highest BCUT2D eigenvalue weighted by atomic mass is 35.5. The summed E-state index contributed by atoms with van der Waals surface area (Å²) < 4.78 is 0. The summed E-state index contributed by atoms with van der Waals surface area (Å²) in [4.78, 5) is 12.7. The molecule has 4 heteroatoms. The van der Waals surface area contributed by atoms with Crippen molar-refractivity contribution >= 4 is 23.3 Å². The largest absolute Gasteiger partial charge is 0.480 e. The van der Waals surface area contributed by atoms with Gasteiger partial charge in [0.15, 0.2) is 0 Å². The average Bonchev–Trinajstić information content (AvgIpc) is 3.07. The first-order valence-electron chi connectivity index (χ1n) is 5.87. The number of benzene rings is 1. The molecule has 17 heavy (non-hydrogen) atoms. The van der Waals surface area contributed by atoms with Crippen LogP contribution in [0.2, 0.25) is 5.02 Å². The van der Waals surface area contributed by atoms with Gasteiger partial charge in [-0.1, -0.05) is 30.5 Å². The molecular formula is C13H16ClNO2. The summed E-state index contributed by atoms with van der Waals surface area (Å²) in [7, 11) is 0. The number of nitrogens with zero attached hydrogens (tertiary/aromatic N) is 1. The van der Waals surface area contributed by atoms with E-state index in [9.17, 15) is 4.79 Å². The lowest BCUT2D eigenvalue weighted by Crippen LogP contribution is -2.30. The zero-order valence-corrected chi connectivity index (χ0v) is 10.4. The first-order chi connectivity index (χ1) is 8.15. The maximum atomic E-state index is 10.9. The van der Waals surface area contributed by atoms with Crippen LogP contribution in [0.4, 0.5) is 5.69 Å². The van der Waals surface area contributed by atoms with E-state index in [-0.39, 0.29) is 6.54 Å². The quantitative estimate of drug-likeness (QED) is 0.847. The molecule has 0 unspecified atom stereocenters. The third-order valence-corrected chi connectivity index (χ3v) is 3.24. The molecule has 0 radical (unpaired) electrons. The molecule has 0 bridgehead atoms. The van der Waals surface area contributed by atoms with Crippen molar-refractivity contribution in [3.63, 3.8) is 0 Å². The van der Waals surface area contributed by atoms with E-state index in [0.717, 1.165) is 24.6 Å². The maximum Gasteiger partial charge on any atom is 0.323 e. The minimum absolute atomic E-state index is 0.0348. The molecule has 2 rings (SSSR count). The normalized spacial score (nSPS) is 14.6. The summed E-state index contributed by atoms with van der Waals surface area (Å²) >= 11 is 5.93. The molecule has 1 saturated carbocycles. The second-order valence-corrected chi connectivity index (χ2v) is 4.96. The van der Waals surface area contributed by atoms with Gasteiger partial charge in [-0.15, -0.1) is 0 Å². The van der Waals surface area contributed by atoms with Gasteiger partial charge < -0.3 is 10.0 Å². The van der Waals surface area contributed by atoms with E-state index in [1.807, 2.05) is 23.1 Å². The van der Waals surface area contributed by atoms with E-state index in [4.69, 9.17) is 16.7 Å². The lowest BCUT2D eigenvalue weighted by molar-refractivity contribution is -0.135. The van der Waals surface area contributed by atoms with E-state index < -0.39 is 5.97 Å². The van der Waals surface area contributed by atoms with Gasteiger partial charge in [-0.3, -0.25) is 4.79 Å². The van der Waals surface area contributed by atoms with E-state index >= 15 is 0 Å². The molecule has 1 aromatic rings. The summed E-state index contributed by atoms with van der Waals surface area (Å²) in [6.45, 7) is 0.824. The Morgan fingerprint density at radius 1 is 1.47 bits per heavy atom. The van der Waals surface area contributed by atoms with Gasteiger partial charge in [-0.25, -0.2) is 0 Å². The van der Waals surface area contributed by atoms with Crippen molar-refractivity contribution in [3.8, 4) is 0 Å². The number of aliphatic carboxylic acids is 1. The Balaban J connectivity index is 2.04.